The summed E-state index contributed by atoms with van der Waals surface area (Å²) in [7, 11) is 0. The van der Waals surface area contributed by atoms with Crippen LogP contribution in [-0.4, -0.2) is 25.8 Å². The molecule has 1 N–H and O–H groups in total. The van der Waals surface area contributed by atoms with E-state index in [0.717, 1.165) is 30.9 Å². The Morgan fingerprint density at radius 1 is 1.47 bits per heavy atom. The number of nitrogens with zero attached hydrogens (tertiary/aromatic N) is 3. The maximum atomic E-state index is 11.2. The van der Waals surface area contributed by atoms with Gasteiger partial charge < -0.3 is 9.67 Å². The second-order valence-corrected chi connectivity index (χ2v) is 5.41. The van der Waals surface area contributed by atoms with Gasteiger partial charge in [-0.05, 0) is 19.3 Å². The molecule has 0 amide bonds. The van der Waals surface area contributed by atoms with Gasteiger partial charge >= 0.3 is 5.97 Å². The van der Waals surface area contributed by atoms with Crippen molar-refractivity contribution in [2.45, 2.75) is 64.8 Å². The van der Waals surface area contributed by atoms with Crippen molar-refractivity contribution in [1.82, 2.24) is 14.8 Å². The van der Waals surface area contributed by atoms with Crippen molar-refractivity contribution in [1.29, 1.82) is 0 Å². The zero-order valence-corrected chi connectivity index (χ0v) is 11.8. The van der Waals surface area contributed by atoms with Crippen LogP contribution >= 0.6 is 0 Å². The van der Waals surface area contributed by atoms with Crippen molar-refractivity contribution >= 4 is 5.97 Å². The fourth-order valence-corrected chi connectivity index (χ4v) is 2.82. The third-order valence-electron chi connectivity index (χ3n) is 4.09. The normalized spacial score (nSPS) is 20.0. The zero-order valence-electron chi connectivity index (χ0n) is 11.8. The zero-order chi connectivity index (χ0) is 13.8. The van der Waals surface area contributed by atoms with Crippen molar-refractivity contribution in [3.8, 4) is 0 Å². The molecule has 1 aromatic heterocycles. The van der Waals surface area contributed by atoms with Gasteiger partial charge in [0.1, 0.15) is 11.6 Å². The van der Waals surface area contributed by atoms with Crippen molar-refractivity contribution in [2.75, 3.05) is 0 Å². The molecular formula is C14H23N3O2. The van der Waals surface area contributed by atoms with Crippen LogP contribution in [0.3, 0.4) is 0 Å². The monoisotopic (exact) mass is 265 g/mol. The van der Waals surface area contributed by atoms with Gasteiger partial charge in [0.05, 0.1) is 5.92 Å². The van der Waals surface area contributed by atoms with Crippen LogP contribution in [0.4, 0.5) is 0 Å². The molecule has 2 heterocycles. The minimum absolute atomic E-state index is 0.286. The van der Waals surface area contributed by atoms with Gasteiger partial charge in [-0.15, -0.1) is 10.2 Å². The summed E-state index contributed by atoms with van der Waals surface area (Å²) in [5, 5.41) is 17.8. The maximum Gasteiger partial charge on any atom is 0.308 e. The summed E-state index contributed by atoms with van der Waals surface area (Å²) in [5.41, 5.74) is 0. The standard InChI is InChI=1S/C14H23N3O2/c1-3-5-6-10(4-2)13-16-15-12-8-7-11(14(18)19)9-17(12)13/h10-11H,3-9H2,1-2H3,(H,18,19). The van der Waals surface area contributed by atoms with E-state index in [2.05, 4.69) is 28.6 Å². The molecule has 0 spiro atoms. The molecule has 106 valence electrons. The third kappa shape index (κ3) is 2.96. The number of unbranched alkanes of at least 4 members (excludes halogenated alkanes) is 1. The Morgan fingerprint density at radius 3 is 2.89 bits per heavy atom. The highest BCUT2D eigenvalue weighted by atomic mass is 16.4. The van der Waals surface area contributed by atoms with Crippen LogP contribution in [0.5, 0.6) is 0 Å². The Labute approximate surface area is 114 Å². The topological polar surface area (TPSA) is 68.0 Å². The average Bonchev–Trinajstić information content (AvgIpc) is 2.83. The van der Waals surface area contributed by atoms with E-state index in [4.69, 9.17) is 0 Å². The highest BCUT2D eigenvalue weighted by molar-refractivity contribution is 5.70. The molecule has 0 radical (unpaired) electrons. The largest absolute Gasteiger partial charge is 0.481 e. The lowest BCUT2D eigenvalue weighted by atomic mass is 9.96. The second-order valence-electron chi connectivity index (χ2n) is 5.41. The van der Waals surface area contributed by atoms with E-state index in [9.17, 15) is 9.90 Å². The molecule has 2 unspecified atom stereocenters. The average molecular weight is 265 g/mol. The fraction of sp³-hybridized carbons (Fsp3) is 0.786. The summed E-state index contributed by atoms with van der Waals surface area (Å²) >= 11 is 0. The third-order valence-corrected chi connectivity index (χ3v) is 4.09. The van der Waals surface area contributed by atoms with Gasteiger partial charge in [0.15, 0.2) is 0 Å². The maximum absolute atomic E-state index is 11.2. The Kier molecular flexibility index (Phi) is 4.56. The lowest BCUT2D eigenvalue weighted by Gasteiger charge is -2.23. The molecule has 0 aliphatic carbocycles. The van der Waals surface area contributed by atoms with E-state index in [1.54, 1.807) is 0 Å². The molecule has 19 heavy (non-hydrogen) atoms. The first kappa shape index (κ1) is 14.0. The van der Waals surface area contributed by atoms with Crippen LogP contribution < -0.4 is 0 Å². The van der Waals surface area contributed by atoms with Crippen LogP contribution in [-0.2, 0) is 17.8 Å². The SMILES string of the molecule is CCCCC(CC)c1nnc2n1CC(C(=O)O)CC2. The number of rotatable bonds is 6. The van der Waals surface area contributed by atoms with E-state index < -0.39 is 5.97 Å². The smallest absolute Gasteiger partial charge is 0.308 e. The summed E-state index contributed by atoms with van der Waals surface area (Å²) in [6, 6.07) is 0. The highest BCUT2D eigenvalue weighted by Crippen LogP contribution is 2.28. The molecule has 2 rings (SSSR count). The van der Waals surface area contributed by atoms with Gasteiger partial charge in [-0.25, -0.2) is 0 Å². The number of fused-ring (bicyclic) bond motifs is 1. The number of aromatic nitrogens is 3. The molecule has 1 aliphatic heterocycles. The number of hydrogen-bond acceptors (Lipinski definition) is 3. The molecule has 2 atom stereocenters. The molecule has 5 heteroatoms. The number of carbonyl (C=O) groups is 1. The van der Waals surface area contributed by atoms with E-state index in [1.165, 1.54) is 12.8 Å². The van der Waals surface area contributed by atoms with E-state index in [-0.39, 0.29) is 5.92 Å². The van der Waals surface area contributed by atoms with Gasteiger partial charge in [-0.3, -0.25) is 4.79 Å². The molecule has 1 aliphatic rings. The summed E-state index contributed by atoms with van der Waals surface area (Å²) < 4.78 is 2.06. The lowest BCUT2D eigenvalue weighted by Crippen LogP contribution is -2.28. The lowest BCUT2D eigenvalue weighted by molar-refractivity contribution is -0.142. The van der Waals surface area contributed by atoms with Gasteiger partial charge in [-0.2, -0.15) is 0 Å². The molecule has 0 saturated heterocycles. The van der Waals surface area contributed by atoms with Gasteiger partial charge in [0.2, 0.25) is 0 Å². The fourth-order valence-electron chi connectivity index (χ4n) is 2.82. The Hall–Kier alpha value is -1.39. The highest BCUT2D eigenvalue weighted by Gasteiger charge is 2.29. The molecule has 0 fully saturated rings. The Morgan fingerprint density at radius 2 is 2.26 bits per heavy atom. The van der Waals surface area contributed by atoms with Gasteiger partial charge in [-0.1, -0.05) is 26.7 Å². The van der Waals surface area contributed by atoms with Crippen LogP contribution in [0.15, 0.2) is 0 Å². The van der Waals surface area contributed by atoms with Crippen molar-refractivity contribution in [3.05, 3.63) is 11.6 Å². The van der Waals surface area contributed by atoms with Crippen molar-refractivity contribution < 1.29 is 9.90 Å². The first-order chi connectivity index (χ1) is 9.17. The summed E-state index contributed by atoms with van der Waals surface area (Å²) in [4.78, 5) is 11.2. The van der Waals surface area contributed by atoms with Gasteiger partial charge in [0, 0.05) is 18.9 Å². The van der Waals surface area contributed by atoms with Crippen molar-refractivity contribution in [2.24, 2.45) is 5.92 Å². The first-order valence-corrected chi connectivity index (χ1v) is 7.32. The predicted molar refractivity (Wildman–Crippen MR) is 72.0 cm³/mol. The summed E-state index contributed by atoms with van der Waals surface area (Å²) in [5.74, 6) is 1.38. The van der Waals surface area contributed by atoms with E-state index in [1.807, 2.05) is 0 Å². The first-order valence-electron chi connectivity index (χ1n) is 7.32. The Bertz CT molecular complexity index is 442. The van der Waals surface area contributed by atoms with Crippen LogP contribution in [0.25, 0.3) is 0 Å². The Balaban J connectivity index is 2.19. The second kappa shape index (κ2) is 6.17. The number of aliphatic carboxylic acids is 1. The minimum atomic E-state index is -0.702. The van der Waals surface area contributed by atoms with Crippen LogP contribution in [0, 0.1) is 5.92 Å². The number of aryl methyl sites for hydroxylation is 1. The summed E-state index contributed by atoms with van der Waals surface area (Å²) in [6.07, 6.45) is 5.92. The number of carboxylic acid groups (broad SMARTS) is 1. The molecular weight excluding hydrogens is 242 g/mol. The van der Waals surface area contributed by atoms with E-state index >= 15 is 0 Å². The molecule has 0 aromatic carbocycles. The molecule has 5 nitrogen and oxygen atoms in total. The number of hydrogen-bond donors (Lipinski definition) is 1. The van der Waals surface area contributed by atoms with Gasteiger partial charge in [0.25, 0.3) is 0 Å². The molecule has 0 bridgehead atoms. The summed E-state index contributed by atoms with van der Waals surface area (Å²) in [6.45, 7) is 4.89. The van der Waals surface area contributed by atoms with E-state index in [0.29, 0.717) is 18.9 Å². The van der Waals surface area contributed by atoms with Crippen LogP contribution in [0.1, 0.15) is 63.5 Å². The van der Waals surface area contributed by atoms with Crippen molar-refractivity contribution in [3.63, 3.8) is 0 Å². The minimum Gasteiger partial charge on any atom is -0.481 e. The predicted octanol–water partition coefficient (Wildman–Crippen LogP) is 2.61. The molecule has 0 saturated carbocycles. The quantitative estimate of drug-likeness (QED) is 0.858. The molecule has 1 aromatic rings. The number of carboxylic acids is 1. The van der Waals surface area contributed by atoms with Crippen LogP contribution in [0.2, 0.25) is 0 Å².